The number of hydrogen-bond donors (Lipinski definition) is 2. The average molecular weight is 304 g/mol. The lowest BCUT2D eigenvalue weighted by Gasteiger charge is -2.14. The number of halogens is 4. The Kier molecular flexibility index (Phi) is 3.36. The summed E-state index contributed by atoms with van der Waals surface area (Å²) >= 11 is 0. The standard InChI is InChI=1S/C12H8F4N2O3/c1-5-2-3-6(12(14,15)16)4-7(5)18-10(20)8(13)9(19)17-11(18)21/h2-4,20H,1H3,(H,17,19,21). The third-order valence-corrected chi connectivity index (χ3v) is 2.81. The number of aromatic nitrogens is 2. The van der Waals surface area contributed by atoms with Gasteiger partial charge in [0.1, 0.15) is 0 Å². The second-order valence-corrected chi connectivity index (χ2v) is 4.23. The summed E-state index contributed by atoms with van der Waals surface area (Å²) in [5.74, 6) is -3.02. The second kappa shape index (κ2) is 4.76. The molecular weight excluding hydrogens is 296 g/mol. The molecule has 9 heteroatoms. The lowest BCUT2D eigenvalue weighted by molar-refractivity contribution is -0.137. The van der Waals surface area contributed by atoms with Crippen LogP contribution in [0.1, 0.15) is 11.1 Å². The van der Waals surface area contributed by atoms with E-state index in [-0.39, 0.29) is 15.8 Å². The van der Waals surface area contributed by atoms with Gasteiger partial charge < -0.3 is 5.11 Å². The fourth-order valence-corrected chi connectivity index (χ4v) is 1.75. The Morgan fingerprint density at radius 1 is 1.24 bits per heavy atom. The molecule has 0 aliphatic carbocycles. The molecule has 112 valence electrons. The van der Waals surface area contributed by atoms with Gasteiger partial charge in [-0.25, -0.2) is 9.36 Å². The van der Waals surface area contributed by atoms with Gasteiger partial charge in [0.25, 0.3) is 5.56 Å². The number of nitrogens with one attached hydrogen (secondary N) is 1. The van der Waals surface area contributed by atoms with Crippen molar-refractivity contribution < 1.29 is 22.7 Å². The smallest absolute Gasteiger partial charge is 0.416 e. The number of aromatic hydroxyl groups is 1. The number of rotatable bonds is 1. The van der Waals surface area contributed by atoms with Crippen LogP contribution >= 0.6 is 0 Å². The number of H-pyrrole nitrogens is 1. The Morgan fingerprint density at radius 3 is 2.43 bits per heavy atom. The Morgan fingerprint density at radius 2 is 1.86 bits per heavy atom. The van der Waals surface area contributed by atoms with E-state index < -0.39 is 34.7 Å². The van der Waals surface area contributed by atoms with Crippen LogP contribution in [0.5, 0.6) is 5.88 Å². The lowest BCUT2D eigenvalue weighted by Crippen LogP contribution is -2.31. The molecule has 0 saturated heterocycles. The van der Waals surface area contributed by atoms with Crippen molar-refractivity contribution in [3.05, 3.63) is 56.0 Å². The molecule has 1 aromatic carbocycles. The van der Waals surface area contributed by atoms with E-state index in [9.17, 15) is 32.3 Å². The first kappa shape index (κ1) is 14.8. The van der Waals surface area contributed by atoms with Gasteiger partial charge in [0, 0.05) is 0 Å². The van der Waals surface area contributed by atoms with Gasteiger partial charge in [-0.05, 0) is 24.6 Å². The van der Waals surface area contributed by atoms with Crippen LogP contribution in [-0.4, -0.2) is 14.7 Å². The van der Waals surface area contributed by atoms with Crippen molar-refractivity contribution in [1.82, 2.24) is 9.55 Å². The summed E-state index contributed by atoms with van der Waals surface area (Å²) in [7, 11) is 0. The maximum atomic E-state index is 13.3. The van der Waals surface area contributed by atoms with E-state index >= 15 is 0 Å². The predicted octanol–water partition coefficient (Wildman–Crippen LogP) is 1.70. The molecule has 5 nitrogen and oxygen atoms in total. The monoisotopic (exact) mass is 304 g/mol. The lowest BCUT2D eigenvalue weighted by atomic mass is 10.1. The Hall–Kier alpha value is -2.58. The molecule has 0 radical (unpaired) electrons. The van der Waals surface area contributed by atoms with E-state index in [1.54, 1.807) is 4.98 Å². The topological polar surface area (TPSA) is 75.1 Å². The molecule has 0 saturated carbocycles. The summed E-state index contributed by atoms with van der Waals surface area (Å²) in [6, 6.07) is 2.42. The molecule has 0 amide bonds. The highest BCUT2D eigenvalue weighted by Crippen LogP contribution is 2.32. The van der Waals surface area contributed by atoms with Crippen LogP contribution in [-0.2, 0) is 6.18 Å². The maximum absolute atomic E-state index is 13.3. The third kappa shape index (κ3) is 2.54. The molecule has 0 aliphatic rings. The van der Waals surface area contributed by atoms with Crippen LogP contribution in [0, 0.1) is 12.7 Å². The SMILES string of the molecule is Cc1ccc(C(F)(F)F)cc1-n1c(O)c(F)c(=O)[nH]c1=O. The number of benzene rings is 1. The van der Waals surface area contributed by atoms with E-state index in [1.165, 1.54) is 6.92 Å². The second-order valence-electron chi connectivity index (χ2n) is 4.23. The van der Waals surface area contributed by atoms with Crippen molar-refractivity contribution in [2.45, 2.75) is 13.1 Å². The van der Waals surface area contributed by atoms with Crippen LogP contribution in [0.15, 0.2) is 27.8 Å². The van der Waals surface area contributed by atoms with Crippen LogP contribution < -0.4 is 11.2 Å². The number of hydrogen-bond acceptors (Lipinski definition) is 3. The summed E-state index contributed by atoms with van der Waals surface area (Å²) < 4.78 is 51.6. The van der Waals surface area contributed by atoms with Crippen molar-refractivity contribution in [3.63, 3.8) is 0 Å². The van der Waals surface area contributed by atoms with E-state index in [2.05, 4.69) is 0 Å². The average Bonchev–Trinajstić information content (AvgIpc) is 2.37. The molecule has 0 atom stereocenters. The quantitative estimate of drug-likeness (QED) is 0.787. The molecule has 2 rings (SSSR count). The van der Waals surface area contributed by atoms with Crippen LogP contribution in [0.3, 0.4) is 0 Å². The number of aryl methyl sites for hydroxylation is 1. The van der Waals surface area contributed by atoms with Gasteiger partial charge >= 0.3 is 11.9 Å². The molecule has 1 heterocycles. The fraction of sp³-hybridized carbons (Fsp3) is 0.167. The molecule has 0 spiro atoms. The predicted molar refractivity (Wildman–Crippen MR) is 64.0 cm³/mol. The first-order valence-corrected chi connectivity index (χ1v) is 5.55. The highest BCUT2D eigenvalue weighted by molar-refractivity contribution is 5.46. The summed E-state index contributed by atoms with van der Waals surface area (Å²) in [5, 5.41) is 9.52. The minimum Gasteiger partial charge on any atom is -0.492 e. The first-order chi connectivity index (χ1) is 9.62. The third-order valence-electron chi connectivity index (χ3n) is 2.81. The molecular formula is C12H8F4N2O3. The molecule has 0 unspecified atom stereocenters. The summed E-state index contributed by atoms with van der Waals surface area (Å²) in [6.45, 7) is 1.37. The summed E-state index contributed by atoms with van der Waals surface area (Å²) in [4.78, 5) is 24.2. The summed E-state index contributed by atoms with van der Waals surface area (Å²) in [6.07, 6.45) is -4.68. The molecule has 1 aromatic heterocycles. The number of alkyl halides is 3. The van der Waals surface area contributed by atoms with Crippen LogP contribution in [0.4, 0.5) is 17.6 Å². The van der Waals surface area contributed by atoms with Gasteiger partial charge in [0.15, 0.2) is 0 Å². The van der Waals surface area contributed by atoms with E-state index in [1.807, 2.05) is 0 Å². The van der Waals surface area contributed by atoms with Gasteiger partial charge in [0.2, 0.25) is 11.7 Å². The van der Waals surface area contributed by atoms with Crippen molar-refractivity contribution in [1.29, 1.82) is 0 Å². The van der Waals surface area contributed by atoms with Gasteiger partial charge in [-0.15, -0.1) is 0 Å². The first-order valence-electron chi connectivity index (χ1n) is 5.55. The molecule has 21 heavy (non-hydrogen) atoms. The number of nitrogens with zero attached hydrogens (tertiary/aromatic N) is 1. The van der Waals surface area contributed by atoms with Crippen molar-refractivity contribution in [2.24, 2.45) is 0 Å². The van der Waals surface area contributed by atoms with E-state index in [4.69, 9.17) is 0 Å². The van der Waals surface area contributed by atoms with E-state index in [0.717, 1.165) is 12.1 Å². The van der Waals surface area contributed by atoms with Gasteiger partial charge in [-0.2, -0.15) is 17.6 Å². The zero-order valence-corrected chi connectivity index (χ0v) is 10.5. The maximum Gasteiger partial charge on any atom is 0.416 e. The van der Waals surface area contributed by atoms with Gasteiger partial charge in [-0.1, -0.05) is 6.07 Å². The largest absolute Gasteiger partial charge is 0.492 e. The molecule has 0 aliphatic heterocycles. The Balaban J connectivity index is 2.83. The molecule has 2 N–H and O–H groups in total. The Labute approximate surface area is 114 Å². The minimum absolute atomic E-state index is 0.173. The van der Waals surface area contributed by atoms with Gasteiger partial charge in [0.05, 0.1) is 11.3 Å². The Bertz CT molecular complexity index is 821. The zero-order chi connectivity index (χ0) is 15.9. The normalized spacial score (nSPS) is 11.7. The van der Waals surface area contributed by atoms with Crippen LogP contribution in [0.2, 0.25) is 0 Å². The minimum atomic E-state index is -4.68. The zero-order valence-electron chi connectivity index (χ0n) is 10.5. The van der Waals surface area contributed by atoms with Crippen molar-refractivity contribution >= 4 is 0 Å². The van der Waals surface area contributed by atoms with Crippen molar-refractivity contribution in [2.75, 3.05) is 0 Å². The fourth-order valence-electron chi connectivity index (χ4n) is 1.75. The van der Waals surface area contributed by atoms with Crippen molar-refractivity contribution in [3.8, 4) is 11.6 Å². The van der Waals surface area contributed by atoms with Crippen LogP contribution in [0.25, 0.3) is 5.69 Å². The summed E-state index contributed by atoms with van der Waals surface area (Å²) in [5.41, 5.74) is -4.00. The number of aromatic amines is 1. The van der Waals surface area contributed by atoms with Gasteiger partial charge in [-0.3, -0.25) is 9.78 Å². The van der Waals surface area contributed by atoms with E-state index in [0.29, 0.717) is 6.07 Å². The highest BCUT2D eigenvalue weighted by Gasteiger charge is 2.31. The molecule has 2 aromatic rings. The molecule has 0 fully saturated rings. The molecule has 0 bridgehead atoms. The highest BCUT2D eigenvalue weighted by atomic mass is 19.4.